The van der Waals surface area contributed by atoms with Gasteiger partial charge in [0, 0.05) is 36.6 Å². The van der Waals surface area contributed by atoms with E-state index in [1.165, 1.54) is 12.7 Å². The Morgan fingerprint density at radius 2 is 1.21 bits per heavy atom. The van der Waals surface area contributed by atoms with Gasteiger partial charge in [0.15, 0.2) is 0 Å². The van der Waals surface area contributed by atoms with Crippen molar-refractivity contribution in [1.29, 1.82) is 0 Å². The van der Waals surface area contributed by atoms with Crippen LogP contribution in [0.25, 0.3) is 0 Å². The van der Waals surface area contributed by atoms with Crippen molar-refractivity contribution in [2.24, 2.45) is 11.5 Å². The van der Waals surface area contributed by atoms with Gasteiger partial charge in [-0.1, -0.05) is 0 Å². The third kappa shape index (κ3) is 15.7. The molecule has 14 nitrogen and oxygen atoms in total. The Labute approximate surface area is 165 Å². The summed E-state index contributed by atoms with van der Waals surface area (Å²) < 4.78 is 31.6. The van der Waals surface area contributed by atoms with Gasteiger partial charge in [-0.2, -0.15) is 8.42 Å². The fourth-order valence-corrected chi connectivity index (χ4v) is 1.44. The molecular formula is C12H21ClN6O8S. The number of nitrogens with zero attached hydrogens (tertiary/aromatic N) is 2. The van der Waals surface area contributed by atoms with Crippen molar-refractivity contribution < 1.29 is 37.3 Å². The van der Waals surface area contributed by atoms with E-state index < -0.39 is 34.4 Å². The molecule has 0 radical (unpaired) electrons. The van der Waals surface area contributed by atoms with Gasteiger partial charge in [-0.3, -0.25) is 18.7 Å². The van der Waals surface area contributed by atoms with Gasteiger partial charge in [-0.25, -0.2) is 9.97 Å². The molecule has 0 saturated heterocycles. The zero-order valence-corrected chi connectivity index (χ0v) is 15.8. The topological polar surface area (TPSA) is 259 Å². The minimum Gasteiger partial charge on any atom is -0.480 e. The predicted molar refractivity (Wildman–Crippen MR) is 97.2 cm³/mol. The number of hydrogen-bond acceptors (Lipinski definition) is 8. The largest absolute Gasteiger partial charge is 0.480 e. The van der Waals surface area contributed by atoms with Gasteiger partial charge in [0.1, 0.15) is 12.1 Å². The molecule has 0 aliphatic heterocycles. The Hall–Kier alpha value is -2.56. The maximum Gasteiger partial charge on any atom is 0.394 e. The SMILES string of the molecule is Cl.N[C@@H](Cc1cnc[nH]1)C(=O)O.N[C@@H](Cc1cnc[nH]1)C(=O)O.O=S(=O)(O)O. The first-order valence-corrected chi connectivity index (χ1v) is 8.41. The second kappa shape index (κ2) is 13.6. The molecule has 0 spiro atoms. The van der Waals surface area contributed by atoms with Crippen molar-refractivity contribution in [3.8, 4) is 0 Å². The number of H-pyrrole nitrogens is 2. The summed E-state index contributed by atoms with van der Waals surface area (Å²) in [7, 11) is -4.67. The number of rotatable bonds is 6. The molecule has 160 valence electrons. The number of aromatic amines is 2. The van der Waals surface area contributed by atoms with E-state index in [2.05, 4.69) is 19.9 Å². The summed E-state index contributed by atoms with van der Waals surface area (Å²) in [4.78, 5) is 33.5. The van der Waals surface area contributed by atoms with Crippen molar-refractivity contribution in [3.05, 3.63) is 36.4 Å². The van der Waals surface area contributed by atoms with E-state index >= 15 is 0 Å². The van der Waals surface area contributed by atoms with Gasteiger partial charge >= 0.3 is 22.3 Å². The Balaban J connectivity index is 0. The zero-order chi connectivity index (χ0) is 21.0. The molecule has 0 amide bonds. The molecular weight excluding hydrogens is 424 g/mol. The van der Waals surface area contributed by atoms with E-state index in [1.807, 2.05) is 0 Å². The monoisotopic (exact) mass is 444 g/mol. The second-order valence-corrected chi connectivity index (χ2v) is 5.79. The minimum atomic E-state index is -4.67. The molecule has 16 heteroatoms. The van der Waals surface area contributed by atoms with Crippen LogP contribution < -0.4 is 11.5 Å². The molecule has 2 heterocycles. The first-order chi connectivity index (χ1) is 12.4. The molecule has 0 bridgehead atoms. The summed E-state index contributed by atoms with van der Waals surface area (Å²) in [6.07, 6.45) is 6.67. The molecule has 2 atom stereocenters. The summed E-state index contributed by atoms with van der Waals surface area (Å²) in [5.41, 5.74) is 12.0. The molecule has 0 aliphatic rings. The number of nitrogens with two attached hydrogens (primary N) is 2. The van der Waals surface area contributed by atoms with Crippen LogP contribution in [0.3, 0.4) is 0 Å². The minimum absolute atomic E-state index is 0. The number of halogens is 1. The molecule has 0 aliphatic carbocycles. The van der Waals surface area contributed by atoms with Crippen molar-refractivity contribution in [3.63, 3.8) is 0 Å². The van der Waals surface area contributed by atoms with Crippen LogP contribution in [0.2, 0.25) is 0 Å². The van der Waals surface area contributed by atoms with Crippen molar-refractivity contribution in [2.75, 3.05) is 0 Å². The molecule has 0 fully saturated rings. The van der Waals surface area contributed by atoms with Crippen LogP contribution in [0.4, 0.5) is 0 Å². The Morgan fingerprint density at radius 1 is 0.929 bits per heavy atom. The van der Waals surface area contributed by atoms with Gasteiger partial charge in [-0.15, -0.1) is 12.4 Å². The summed E-state index contributed by atoms with van der Waals surface area (Å²) in [5.74, 6) is -2.00. The van der Waals surface area contributed by atoms with Crippen LogP contribution in [0, 0.1) is 0 Å². The lowest BCUT2D eigenvalue weighted by atomic mass is 10.2. The standard InChI is InChI=1S/2C6H9N3O2.ClH.H2O4S/c2*7-5(6(10)11)1-4-2-8-3-9-4;;1-5(2,3)4/h2*2-3,5H,1,7H2,(H,8,9)(H,10,11);1H;(H2,1,2,3,4)/t2*5-;;/m00../s1. The molecule has 28 heavy (non-hydrogen) atoms. The van der Waals surface area contributed by atoms with Crippen molar-refractivity contribution >= 4 is 34.7 Å². The van der Waals surface area contributed by atoms with E-state index in [0.29, 0.717) is 0 Å². The van der Waals surface area contributed by atoms with Crippen LogP contribution in [-0.2, 0) is 32.8 Å². The lowest BCUT2D eigenvalue weighted by Gasteiger charge is -2.02. The van der Waals surface area contributed by atoms with E-state index in [-0.39, 0.29) is 25.2 Å². The van der Waals surface area contributed by atoms with Crippen LogP contribution in [0.5, 0.6) is 0 Å². The average Bonchev–Trinajstić information content (AvgIpc) is 3.19. The lowest BCUT2D eigenvalue weighted by molar-refractivity contribution is -0.139. The fraction of sp³-hybridized carbons (Fsp3) is 0.333. The number of aromatic nitrogens is 4. The van der Waals surface area contributed by atoms with Gasteiger partial charge in [0.2, 0.25) is 0 Å². The summed E-state index contributed by atoms with van der Waals surface area (Å²) in [6, 6.07) is -1.70. The van der Waals surface area contributed by atoms with E-state index in [9.17, 15) is 9.59 Å². The van der Waals surface area contributed by atoms with Crippen molar-refractivity contribution in [2.45, 2.75) is 24.9 Å². The van der Waals surface area contributed by atoms with Gasteiger partial charge in [-0.05, 0) is 0 Å². The molecule has 10 N–H and O–H groups in total. The van der Waals surface area contributed by atoms with E-state index in [4.69, 9.17) is 39.2 Å². The molecule has 0 aromatic carbocycles. The van der Waals surface area contributed by atoms with Crippen molar-refractivity contribution in [1.82, 2.24) is 19.9 Å². The second-order valence-electron chi connectivity index (χ2n) is 4.90. The smallest absolute Gasteiger partial charge is 0.394 e. The molecule has 0 unspecified atom stereocenters. The Kier molecular flexibility index (Phi) is 13.4. The number of carboxylic acid groups (broad SMARTS) is 2. The molecule has 2 rings (SSSR count). The lowest BCUT2D eigenvalue weighted by Crippen LogP contribution is -2.32. The van der Waals surface area contributed by atoms with E-state index in [1.54, 1.807) is 12.4 Å². The number of aliphatic carboxylic acids is 2. The van der Waals surface area contributed by atoms with Crippen LogP contribution in [0.1, 0.15) is 11.4 Å². The number of imidazole rings is 2. The number of hydrogen-bond donors (Lipinski definition) is 8. The third-order valence-electron chi connectivity index (χ3n) is 2.62. The highest BCUT2D eigenvalue weighted by Crippen LogP contribution is 1.96. The molecule has 2 aromatic heterocycles. The summed E-state index contributed by atoms with van der Waals surface area (Å²) >= 11 is 0. The normalized spacial score (nSPS) is 12.1. The molecule has 0 saturated carbocycles. The first kappa shape index (κ1) is 27.7. The quantitative estimate of drug-likeness (QED) is 0.236. The number of nitrogens with one attached hydrogen (secondary N) is 2. The van der Waals surface area contributed by atoms with Gasteiger partial charge in [0.25, 0.3) is 0 Å². The highest BCUT2D eigenvalue weighted by atomic mass is 35.5. The Morgan fingerprint density at radius 3 is 1.39 bits per heavy atom. The highest BCUT2D eigenvalue weighted by molar-refractivity contribution is 7.79. The first-order valence-electron chi connectivity index (χ1n) is 7.01. The zero-order valence-electron chi connectivity index (χ0n) is 14.2. The number of carbonyl (C=O) groups is 2. The summed E-state index contributed by atoms with van der Waals surface area (Å²) in [6.45, 7) is 0. The maximum atomic E-state index is 10.3. The van der Waals surface area contributed by atoms with Crippen LogP contribution in [0.15, 0.2) is 25.0 Å². The third-order valence-corrected chi connectivity index (χ3v) is 2.62. The predicted octanol–water partition coefficient (Wildman–Crippen LogP) is -1.50. The summed E-state index contributed by atoms with van der Waals surface area (Å²) in [5, 5.41) is 16.8. The number of carboxylic acids is 2. The van der Waals surface area contributed by atoms with Crippen LogP contribution >= 0.6 is 12.4 Å². The maximum absolute atomic E-state index is 10.3. The fourth-order valence-electron chi connectivity index (χ4n) is 1.44. The highest BCUT2D eigenvalue weighted by Gasteiger charge is 2.12. The van der Waals surface area contributed by atoms with E-state index in [0.717, 1.165) is 11.4 Å². The average molecular weight is 445 g/mol. The van der Waals surface area contributed by atoms with Gasteiger partial charge in [0.05, 0.1) is 12.7 Å². The molecule has 2 aromatic rings. The Bertz CT molecular complexity index is 723. The van der Waals surface area contributed by atoms with Crippen LogP contribution in [-0.4, -0.2) is 71.7 Å². The van der Waals surface area contributed by atoms with Gasteiger partial charge < -0.3 is 31.6 Å².